The van der Waals surface area contributed by atoms with E-state index in [-0.39, 0.29) is 5.02 Å². The summed E-state index contributed by atoms with van der Waals surface area (Å²) < 4.78 is 18.9. The number of pyridine rings is 1. The topological polar surface area (TPSA) is 34.2 Å². The first kappa shape index (κ1) is 14.8. The summed E-state index contributed by atoms with van der Waals surface area (Å²) in [5.41, 5.74) is 1.80. The van der Waals surface area contributed by atoms with Gasteiger partial charge in [-0.2, -0.15) is 0 Å². The summed E-state index contributed by atoms with van der Waals surface area (Å²) in [5.74, 6) is 0.735. The number of aromatic nitrogens is 1. The molecule has 3 nitrogen and oxygen atoms in total. The Kier molecular flexibility index (Phi) is 4.93. The second-order valence-electron chi connectivity index (χ2n) is 4.39. The van der Waals surface area contributed by atoms with Gasteiger partial charge in [-0.05, 0) is 25.6 Å². The number of nitrogens with zero attached hydrogens (tertiary/aromatic N) is 1. The van der Waals surface area contributed by atoms with Crippen molar-refractivity contribution in [1.29, 1.82) is 0 Å². The number of nitrogens with one attached hydrogen (secondary N) is 1. The molecule has 1 heterocycles. The quantitative estimate of drug-likeness (QED) is 0.902. The van der Waals surface area contributed by atoms with Gasteiger partial charge >= 0.3 is 0 Å². The van der Waals surface area contributed by atoms with Crippen LogP contribution in [0.2, 0.25) is 5.02 Å². The fraction of sp³-hybridized carbons (Fsp3) is 0.267. The molecule has 0 saturated carbocycles. The van der Waals surface area contributed by atoms with Gasteiger partial charge in [0.05, 0.1) is 5.02 Å². The first-order valence-corrected chi connectivity index (χ1v) is 6.77. The summed E-state index contributed by atoms with van der Waals surface area (Å²) in [6.07, 6.45) is 1.78. The standard InChI is InChI=1S/C15H16ClFN2O/c1-3-18-8-11-9-19-10(2)6-15(11)20-12-4-5-14(17)13(16)7-12/h4-7,9,18H,3,8H2,1-2H3. The van der Waals surface area contributed by atoms with E-state index in [0.29, 0.717) is 18.0 Å². The molecule has 0 radical (unpaired) electrons. The molecule has 0 unspecified atom stereocenters. The molecule has 20 heavy (non-hydrogen) atoms. The molecular weight excluding hydrogens is 279 g/mol. The predicted octanol–water partition coefficient (Wildman–Crippen LogP) is 4.08. The Hall–Kier alpha value is -1.65. The number of benzene rings is 1. The van der Waals surface area contributed by atoms with Crippen LogP contribution in [-0.2, 0) is 6.54 Å². The van der Waals surface area contributed by atoms with Crippen molar-refractivity contribution in [3.8, 4) is 11.5 Å². The molecule has 0 atom stereocenters. The predicted molar refractivity (Wildman–Crippen MR) is 77.8 cm³/mol. The molecule has 106 valence electrons. The zero-order valence-corrected chi connectivity index (χ0v) is 12.2. The maximum Gasteiger partial charge on any atom is 0.142 e. The van der Waals surface area contributed by atoms with Gasteiger partial charge in [-0.15, -0.1) is 0 Å². The normalized spacial score (nSPS) is 10.6. The minimum atomic E-state index is -0.460. The minimum absolute atomic E-state index is 0.0431. The van der Waals surface area contributed by atoms with E-state index in [1.54, 1.807) is 12.3 Å². The van der Waals surface area contributed by atoms with Crippen LogP contribution in [0.4, 0.5) is 4.39 Å². The van der Waals surface area contributed by atoms with Crippen LogP contribution in [0.1, 0.15) is 18.2 Å². The van der Waals surface area contributed by atoms with Gasteiger partial charge in [0.25, 0.3) is 0 Å². The van der Waals surface area contributed by atoms with Crippen molar-refractivity contribution in [3.63, 3.8) is 0 Å². The number of aryl methyl sites for hydroxylation is 1. The fourth-order valence-corrected chi connectivity index (χ4v) is 1.89. The van der Waals surface area contributed by atoms with Gasteiger partial charge in [0.2, 0.25) is 0 Å². The first-order valence-electron chi connectivity index (χ1n) is 6.39. The summed E-state index contributed by atoms with van der Waals surface area (Å²) >= 11 is 5.76. The van der Waals surface area contributed by atoms with Crippen molar-refractivity contribution in [2.45, 2.75) is 20.4 Å². The van der Waals surface area contributed by atoms with Crippen molar-refractivity contribution in [1.82, 2.24) is 10.3 Å². The molecule has 0 aliphatic heterocycles. The number of halogens is 2. The second-order valence-corrected chi connectivity index (χ2v) is 4.80. The Morgan fingerprint density at radius 3 is 2.85 bits per heavy atom. The second kappa shape index (κ2) is 6.68. The lowest BCUT2D eigenvalue weighted by atomic mass is 10.2. The highest BCUT2D eigenvalue weighted by atomic mass is 35.5. The van der Waals surface area contributed by atoms with E-state index in [2.05, 4.69) is 10.3 Å². The van der Waals surface area contributed by atoms with Crippen molar-refractivity contribution in [2.24, 2.45) is 0 Å². The van der Waals surface area contributed by atoms with Gasteiger partial charge in [-0.25, -0.2) is 4.39 Å². The number of hydrogen-bond donors (Lipinski definition) is 1. The summed E-state index contributed by atoms with van der Waals surface area (Å²) in [6, 6.07) is 6.15. The number of rotatable bonds is 5. The van der Waals surface area contributed by atoms with Crippen LogP contribution in [0.15, 0.2) is 30.5 Å². The molecule has 2 aromatic rings. The highest BCUT2D eigenvalue weighted by Gasteiger charge is 2.08. The van der Waals surface area contributed by atoms with Crippen LogP contribution >= 0.6 is 11.6 Å². The molecule has 0 spiro atoms. The van der Waals surface area contributed by atoms with Gasteiger partial charge in [-0.3, -0.25) is 4.98 Å². The molecule has 1 N–H and O–H groups in total. The van der Waals surface area contributed by atoms with Gasteiger partial charge in [-0.1, -0.05) is 18.5 Å². The Balaban J connectivity index is 2.26. The van der Waals surface area contributed by atoms with E-state index in [1.807, 2.05) is 19.9 Å². The lowest BCUT2D eigenvalue weighted by molar-refractivity contribution is 0.470. The van der Waals surface area contributed by atoms with Crippen LogP contribution in [0.5, 0.6) is 11.5 Å². The third kappa shape index (κ3) is 3.68. The largest absolute Gasteiger partial charge is 0.457 e. The van der Waals surface area contributed by atoms with Gasteiger partial charge in [0.1, 0.15) is 17.3 Å². The maximum atomic E-state index is 13.1. The minimum Gasteiger partial charge on any atom is -0.457 e. The maximum absolute atomic E-state index is 13.1. The smallest absolute Gasteiger partial charge is 0.142 e. The Morgan fingerprint density at radius 1 is 1.35 bits per heavy atom. The third-order valence-corrected chi connectivity index (χ3v) is 3.05. The van der Waals surface area contributed by atoms with Crippen LogP contribution in [0.25, 0.3) is 0 Å². The van der Waals surface area contributed by atoms with Crippen LogP contribution < -0.4 is 10.1 Å². The lowest BCUT2D eigenvalue weighted by Crippen LogP contribution is -2.12. The molecule has 2 rings (SSSR count). The summed E-state index contributed by atoms with van der Waals surface area (Å²) in [7, 11) is 0. The van der Waals surface area contributed by atoms with Gasteiger partial charge < -0.3 is 10.1 Å². The third-order valence-electron chi connectivity index (χ3n) is 2.76. The first-order chi connectivity index (χ1) is 9.60. The fourth-order valence-electron chi connectivity index (χ4n) is 1.72. The molecule has 1 aromatic heterocycles. The van der Waals surface area contributed by atoms with E-state index >= 15 is 0 Å². The highest BCUT2D eigenvalue weighted by Crippen LogP contribution is 2.28. The summed E-state index contributed by atoms with van der Waals surface area (Å²) in [5, 5.41) is 3.27. The average molecular weight is 295 g/mol. The molecule has 0 fully saturated rings. The molecule has 0 bridgehead atoms. The highest BCUT2D eigenvalue weighted by molar-refractivity contribution is 6.30. The van der Waals surface area contributed by atoms with Crippen LogP contribution in [0.3, 0.4) is 0 Å². The zero-order valence-electron chi connectivity index (χ0n) is 11.4. The molecule has 5 heteroatoms. The van der Waals surface area contributed by atoms with Crippen molar-refractivity contribution in [2.75, 3.05) is 6.54 Å². The number of hydrogen-bond acceptors (Lipinski definition) is 3. The Labute approximate surface area is 122 Å². The molecule has 0 amide bonds. The number of ether oxygens (including phenoxy) is 1. The molecule has 1 aromatic carbocycles. The van der Waals surface area contributed by atoms with Crippen LogP contribution in [-0.4, -0.2) is 11.5 Å². The van der Waals surface area contributed by atoms with Gasteiger partial charge in [0.15, 0.2) is 0 Å². The van der Waals surface area contributed by atoms with Gasteiger partial charge in [0, 0.05) is 36.1 Å². The lowest BCUT2D eigenvalue weighted by Gasteiger charge is -2.12. The summed E-state index contributed by atoms with van der Waals surface area (Å²) in [4.78, 5) is 4.26. The zero-order chi connectivity index (χ0) is 14.5. The van der Waals surface area contributed by atoms with Crippen molar-refractivity contribution in [3.05, 3.63) is 52.6 Å². The van der Waals surface area contributed by atoms with Crippen molar-refractivity contribution < 1.29 is 9.13 Å². The van der Waals surface area contributed by atoms with E-state index in [4.69, 9.17) is 16.3 Å². The van der Waals surface area contributed by atoms with Crippen molar-refractivity contribution >= 4 is 11.6 Å². The van der Waals surface area contributed by atoms with E-state index in [1.165, 1.54) is 12.1 Å². The SMILES string of the molecule is CCNCc1cnc(C)cc1Oc1ccc(F)c(Cl)c1. The average Bonchev–Trinajstić information content (AvgIpc) is 2.42. The Morgan fingerprint density at radius 2 is 2.15 bits per heavy atom. The van der Waals surface area contributed by atoms with E-state index in [0.717, 1.165) is 17.8 Å². The summed E-state index contributed by atoms with van der Waals surface area (Å²) in [6.45, 7) is 5.44. The molecule has 0 aliphatic rings. The molecule has 0 aliphatic carbocycles. The molecule has 0 saturated heterocycles. The Bertz CT molecular complexity index is 604. The monoisotopic (exact) mass is 294 g/mol. The van der Waals surface area contributed by atoms with Crippen LogP contribution in [0, 0.1) is 12.7 Å². The molecular formula is C15H16ClFN2O. The van der Waals surface area contributed by atoms with E-state index < -0.39 is 5.82 Å². The van der Waals surface area contributed by atoms with E-state index in [9.17, 15) is 4.39 Å².